The van der Waals surface area contributed by atoms with Crippen molar-refractivity contribution < 1.29 is 14.4 Å². The van der Waals surface area contributed by atoms with Crippen molar-refractivity contribution in [1.29, 1.82) is 0 Å². The molecule has 1 saturated carbocycles. The van der Waals surface area contributed by atoms with Crippen LogP contribution in [0.5, 0.6) is 5.75 Å². The summed E-state index contributed by atoms with van der Waals surface area (Å²) >= 11 is 0. The van der Waals surface area contributed by atoms with Crippen LogP contribution in [0.15, 0.2) is 24.3 Å². The summed E-state index contributed by atoms with van der Waals surface area (Å²) in [6.45, 7) is 8.28. The van der Waals surface area contributed by atoms with Crippen molar-refractivity contribution in [1.82, 2.24) is 5.32 Å². The number of nitrogens with zero attached hydrogens (tertiary/aromatic N) is 1. The standard InChI is InChI=1S/C21H33N3O2/c1-16-7-4-5-10-20(16)22-21(25)17(2)23-11-13-24(14-12-23)18-8-6-9-19(15-18)26-3/h6,8-9,15-17,20H,4-5,7,10-14H2,1-3H3,(H,22,25)/p+1/t16-,17-,20+/m1/s1. The molecule has 1 amide bonds. The van der Waals surface area contributed by atoms with Gasteiger partial charge in [0.15, 0.2) is 6.04 Å². The zero-order valence-corrected chi connectivity index (χ0v) is 16.5. The van der Waals surface area contributed by atoms with Gasteiger partial charge in [0.25, 0.3) is 5.91 Å². The number of hydrogen-bond donors (Lipinski definition) is 2. The molecule has 26 heavy (non-hydrogen) atoms. The minimum atomic E-state index is 0.0246. The van der Waals surface area contributed by atoms with Crippen molar-refractivity contribution in [3.63, 3.8) is 0 Å². The molecule has 1 saturated heterocycles. The highest BCUT2D eigenvalue weighted by atomic mass is 16.5. The lowest BCUT2D eigenvalue weighted by Gasteiger charge is -2.37. The highest BCUT2D eigenvalue weighted by molar-refractivity contribution is 5.80. The summed E-state index contributed by atoms with van der Waals surface area (Å²) in [4.78, 5) is 16.5. The first-order valence-electron chi connectivity index (χ1n) is 10.1. The Bertz CT molecular complexity index is 599. The van der Waals surface area contributed by atoms with E-state index in [9.17, 15) is 4.79 Å². The van der Waals surface area contributed by atoms with Crippen LogP contribution in [-0.4, -0.2) is 51.3 Å². The number of ether oxygens (including phenoxy) is 1. The topological polar surface area (TPSA) is 46.0 Å². The molecule has 0 bridgehead atoms. The van der Waals surface area contributed by atoms with Crippen molar-refractivity contribution in [3.05, 3.63) is 24.3 Å². The van der Waals surface area contributed by atoms with Gasteiger partial charge in [-0.05, 0) is 37.8 Å². The van der Waals surface area contributed by atoms with E-state index >= 15 is 0 Å². The van der Waals surface area contributed by atoms with E-state index < -0.39 is 0 Å². The van der Waals surface area contributed by atoms with Crippen LogP contribution in [0.1, 0.15) is 39.5 Å². The predicted molar refractivity (Wildman–Crippen MR) is 105 cm³/mol. The Morgan fingerprint density at radius 1 is 1.27 bits per heavy atom. The largest absolute Gasteiger partial charge is 0.497 e. The summed E-state index contributed by atoms with van der Waals surface area (Å²) in [6.07, 6.45) is 4.93. The van der Waals surface area contributed by atoms with E-state index in [1.54, 1.807) is 7.11 Å². The smallest absolute Gasteiger partial charge is 0.278 e. The van der Waals surface area contributed by atoms with Gasteiger partial charge < -0.3 is 19.9 Å². The molecule has 3 rings (SSSR count). The molecule has 2 fully saturated rings. The van der Waals surface area contributed by atoms with Gasteiger partial charge >= 0.3 is 0 Å². The SMILES string of the molecule is COc1cccc(N2CC[NH+]([C@H](C)C(=O)N[C@H]3CCCC[C@H]3C)CC2)c1. The first-order chi connectivity index (χ1) is 12.6. The molecule has 144 valence electrons. The molecule has 1 aliphatic carbocycles. The summed E-state index contributed by atoms with van der Waals surface area (Å²) in [7, 11) is 1.70. The van der Waals surface area contributed by atoms with Crippen molar-refractivity contribution in [3.8, 4) is 5.75 Å². The summed E-state index contributed by atoms with van der Waals surface area (Å²) in [5, 5.41) is 3.33. The number of hydrogen-bond acceptors (Lipinski definition) is 3. The average Bonchev–Trinajstić information content (AvgIpc) is 2.69. The highest BCUT2D eigenvalue weighted by Gasteiger charge is 2.32. The molecule has 0 unspecified atom stereocenters. The minimum Gasteiger partial charge on any atom is -0.497 e. The van der Waals surface area contributed by atoms with E-state index in [1.807, 2.05) is 12.1 Å². The number of carbonyl (C=O) groups is 1. The Hall–Kier alpha value is -1.75. The number of methoxy groups -OCH3 is 1. The molecule has 0 radical (unpaired) electrons. The van der Waals surface area contributed by atoms with Crippen molar-refractivity contribution in [2.45, 2.75) is 51.6 Å². The third-order valence-electron chi connectivity index (χ3n) is 6.27. The van der Waals surface area contributed by atoms with Crippen molar-refractivity contribution in [2.75, 3.05) is 38.2 Å². The fourth-order valence-corrected chi connectivity index (χ4v) is 4.32. The van der Waals surface area contributed by atoms with Gasteiger partial charge in [-0.3, -0.25) is 4.79 Å². The number of rotatable bonds is 5. The molecule has 2 aliphatic rings. The van der Waals surface area contributed by atoms with Crippen LogP contribution < -0.4 is 19.9 Å². The van der Waals surface area contributed by atoms with Crippen LogP contribution >= 0.6 is 0 Å². The molecule has 3 atom stereocenters. The lowest BCUT2D eigenvalue weighted by molar-refractivity contribution is -0.914. The van der Waals surface area contributed by atoms with Gasteiger partial charge in [0, 0.05) is 17.8 Å². The zero-order chi connectivity index (χ0) is 18.5. The molecule has 1 aromatic carbocycles. The molecule has 1 aromatic rings. The zero-order valence-electron chi connectivity index (χ0n) is 16.5. The van der Waals surface area contributed by atoms with Gasteiger partial charge in [-0.15, -0.1) is 0 Å². The lowest BCUT2D eigenvalue weighted by atomic mass is 9.86. The number of piperazine rings is 1. The van der Waals surface area contributed by atoms with Crippen LogP contribution in [-0.2, 0) is 4.79 Å². The monoisotopic (exact) mass is 360 g/mol. The fraction of sp³-hybridized carbons (Fsp3) is 0.667. The van der Waals surface area contributed by atoms with E-state index in [2.05, 4.69) is 36.2 Å². The maximum atomic E-state index is 12.7. The summed E-state index contributed by atoms with van der Waals surface area (Å²) in [5.41, 5.74) is 1.21. The van der Waals surface area contributed by atoms with Crippen LogP contribution in [0.4, 0.5) is 5.69 Å². The molecule has 1 aliphatic heterocycles. The minimum absolute atomic E-state index is 0.0246. The van der Waals surface area contributed by atoms with E-state index in [-0.39, 0.29) is 11.9 Å². The van der Waals surface area contributed by atoms with Gasteiger partial charge in [0.1, 0.15) is 5.75 Å². The van der Waals surface area contributed by atoms with E-state index in [1.165, 1.54) is 29.8 Å². The highest BCUT2D eigenvalue weighted by Crippen LogP contribution is 2.24. The Morgan fingerprint density at radius 3 is 2.69 bits per heavy atom. The second-order valence-corrected chi connectivity index (χ2v) is 7.95. The quantitative estimate of drug-likeness (QED) is 0.836. The van der Waals surface area contributed by atoms with E-state index in [0.717, 1.165) is 38.3 Å². The predicted octanol–water partition coefficient (Wildman–Crippen LogP) is 1.48. The lowest BCUT2D eigenvalue weighted by Crippen LogP contribution is -3.19. The fourth-order valence-electron chi connectivity index (χ4n) is 4.32. The Morgan fingerprint density at radius 2 is 2.00 bits per heavy atom. The molecular weight excluding hydrogens is 326 g/mol. The second-order valence-electron chi connectivity index (χ2n) is 7.95. The maximum Gasteiger partial charge on any atom is 0.278 e. The van der Waals surface area contributed by atoms with Crippen LogP contribution in [0.25, 0.3) is 0 Å². The third-order valence-corrected chi connectivity index (χ3v) is 6.27. The summed E-state index contributed by atoms with van der Waals surface area (Å²) in [5.74, 6) is 1.74. The maximum absolute atomic E-state index is 12.7. The molecular formula is C21H34N3O2+. The normalized spacial score (nSPS) is 25.6. The average molecular weight is 361 g/mol. The number of anilines is 1. The first-order valence-corrected chi connectivity index (χ1v) is 10.1. The van der Waals surface area contributed by atoms with Crippen molar-refractivity contribution in [2.24, 2.45) is 5.92 Å². The number of quaternary nitrogens is 1. The Labute approximate surface area is 157 Å². The number of benzene rings is 1. The summed E-state index contributed by atoms with van der Waals surface area (Å²) in [6, 6.07) is 8.63. The van der Waals surface area contributed by atoms with Gasteiger partial charge in [0.2, 0.25) is 0 Å². The van der Waals surface area contributed by atoms with Crippen LogP contribution in [0.2, 0.25) is 0 Å². The molecule has 0 spiro atoms. The van der Waals surface area contributed by atoms with Gasteiger partial charge in [-0.25, -0.2) is 0 Å². The first kappa shape index (κ1) is 19.0. The van der Waals surface area contributed by atoms with Crippen LogP contribution in [0.3, 0.4) is 0 Å². The van der Waals surface area contributed by atoms with Crippen molar-refractivity contribution >= 4 is 11.6 Å². The number of nitrogens with one attached hydrogen (secondary N) is 2. The van der Waals surface area contributed by atoms with Crippen LogP contribution in [0, 0.1) is 5.92 Å². The molecule has 1 heterocycles. The molecule has 5 heteroatoms. The molecule has 0 aromatic heterocycles. The van der Waals surface area contributed by atoms with E-state index in [4.69, 9.17) is 4.74 Å². The Kier molecular flexibility index (Phi) is 6.41. The van der Waals surface area contributed by atoms with Gasteiger partial charge in [0.05, 0.1) is 33.3 Å². The molecule has 5 nitrogen and oxygen atoms in total. The Balaban J connectivity index is 1.51. The second kappa shape index (κ2) is 8.76. The third kappa shape index (κ3) is 4.50. The molecule has 2 N–H and O–H groups in total. The number of amides is 1. The number of carbonyl (C=O) groups excluding carboxylic acids is 1. The summed E-state index contributed by atoms with van der Waals surface area (Å²) < 4.78 is 5.33. The van der Waals surface area contributed by atoms with Gasteiger partial charge in [-0.2, -0.15) is 0 Å². The van der Waals surface area contributed by atoms with E-state index in [0.29, 0.717) is 12.0 Å². The van der Waals surface area contributed by atoms with Gasteiger partial charge in [-0.1, -0.05) is 25.8 Å².